The van der Waals surface area contributed by atoms with Gasteiger partial charge in [0.2, 0.25) is 0 Å². The van der Waals surface area contributed by atoms with Crippen LogP contribution < -0.4 is 5.32 Å². The first-order valence-corrected chi connectivity index (χ1v) is 5.84. The van der Waals surface area contributed by atoms with Crippen molar-refractivity contribution in [2.24, 2.45) is 5.92 Å². The van der Waals surface area contributed by atoms with E-state index in [2.05, 4.69) is 0 Å². The summed E-state index contributed by atoms with van der Waals surface area (Å²) in [5.74, 6) is -1.92. The normalized spacial score (nSPS) is 33.6. The highest BCUT2D eigenvalue weighted by Gasteiger charge is 2.43. The van der Waals surface area contributed by atoms with Gasteiger partial charge >= 0.3 is 12.1 Å². The molecule has 1 saturated heterocycles. The maximum absolute atomic E-state index is 12.2. The SMILES string of the molecule is CC(C)[C@H]1C[C@H](NC(=O)C(F)(F)F)[C@H](O)[C@H](C)O1. The third kappa shape index (κ3) is 3.58. The van der Waals surface area contributed by atoms with Crippen molar-refractivity contribution < 1.29 is 27.8 Å². The van der Waals surface area contributed by atoms with Crippen LogP contribution >= 0.6 is 0 Å². The van der Waals surface area contributed by atoms with E-state index in [1.165, 1.54) is 0 Å². The lowest BCUT2D eigenvalue weighted by Crippen LogP contribution is -2.57. The molecule has 2 N–H and O–H groups in total. The van der Waals surface area contributed by atoms with Gasteiger partial charge in [-0.3, -0.25) is 4.79 Å². The van der Waals surface area contributed by atoms with Gasteiger partial charge in [0.25, 0.3) is 0 Å². The first-order chi connectivity index (χ1) is 8.12. The number of halogens is 3. The summed E-state index contributed by atoms with van der Waals surface area (Å²) in [5.41, 5.74) is 0. The number of amides is 1. The monoisotopic (exact) mass is 269 g/mol. The summed E-state index contributed by atoms with van der Waals surface area (Å²) in [7, 11) is 0. The second-order valence-corrected chi connectivity index (χ2v) is 4.93. The topological polar surface area (TPSA) is 58.6 Å². The van der Waals surface area contributed by atoms with Gasteiger partial charge in [-0.15, -0.1) is 0 Å². The molecule has 1 aliphatic heterocycles. The maximum Gasteiger partial charge on any atom is 0.471 e. The van der Waals surface area contributed by atoms with Gasteiger partial charge in [-0.05, 0) is 19.3 Å². The number of ether oxygens (including phenoxy) is 1. The van der Waals surface area contributed by atoms with Gasteiger partial charge in [0, 0.05) is 0 Å². The summed E-state index contributed by atoms with van der Waals surface area (Å²) in [4.78, 5) is 10.9. The molecule has 4 atom stereocenters. The number of hydrogen-bond donors (Lipinski definition) is 2. The number of alkyl halides is 3. The van der Waals surface area contributed by atoms with Crippen molar-refractivity contribution in [2.75, 3.05) is 0 Å². The van der Waals surface area contributed by atoms with Gasteiger partial charge in [-0.2, -0.15) is 13.2 Å². The Balaban J connectivity index is 2.70. The molecule has 0 bridgehead atoms. The third-order valence-electron chi connectivity index (χ3n) is 3.09. The molecule has 106 valence electrons. The standard InChI is InChI=1S/C11H18F3NO3/c1-5(2)8-4-7(9(16)6(3)18-8)15-10(17)11(12,13)14/h5-9,16H,4H2,1-3H3,(H,15,17)/t6-,7-,8+,9+/m0/s1. The van der Waals surface area contributed by atoms with Gasteiger partial charge < -0.3 is 15.2 Å². The molecule has 4 nitrogen and oxygen atoms in total. The number of hydrogen-bond acceptors (Lipinski definition) is 3. The fraction of sp³-hybridized carbons (Fsp3) is 0.909. The Hall–Kier alpha value is -0.820. The number of aliphatic hydroxyl groups excluding tert-OH is 1. The molecule has 7 heteroatoms. The van der Waals surface area contributed by atoms with Crippen molar-refractivity contribution in [1.82, 2.24) is 5.32 Å². The van der Waals surface area contributed by atoms with Gasteiger partial charge in [0.15, 0.2) is 0 Å². The predicted octanol–water partition coefficient (Wildman–Crippen LogP) is 1.23. The van der Waals surface area contributed by atoms with E-state index >= 15 is 0 Å². The second-order valence-electron chi connectivity index (χ2n) is 4.93. The van der Waals surface area contributed by atoms with Gasteiger partial charge in [-0.1, -0.05) is 13.8 Å². The summed E-state index contributed by atoms with van der Waals surface area (Å²) < 4.78 is 42.0. The molecule has 0 saturated carbocycles. The van der Waals surface area contributed by atoms with E-state index in [-0.39, 0.29) is 18.4 Å². The zero-order valence-corrected chi connectivity index (χ0v) is 10.5. The molecule has 0 unspecified atom stereocenters. The molecule has 1 fully saturated rings. The molecule has 18 heavy (non-hydrogen) atoms. The first kappa shape index (κ1) is 15.2. The highest BCUT2D eigenvalue weighted by molar-refractivity contribution is 5.82. The number of nitrogens with one attached hydrogen (secondary N) is 1. The molecule has 0 aromatic carbocycles. The van der Waals surface area contributed by atoms with Crippen molar-refractivity contribution >= 4 is 5.91 Å². The maximum atomic E-state index is 12.2. The molecule has 0 aromatic rings. The zero-order chi connectivity index (χ0) is 14.1. The molecule has 0 aromatic heterocycles. The Kier molecular flexibility index (Phi) is 4.61. The van der Waals surface area contributed by atoms with Crippen molar-refractivity contribution in [3.05, 3.63) is 0 Å². The summed E-state index contributed by atoms with van der Waals surface area (Å²) in [6.07, 6.45) is -6.78. The van der Waals surface area contributed by atoms with Crippen molar-refractivity contribution in [2.45, 2.75) is 57.7 Å². The second kappa shape index (κ2) is 5.44. The molecule has 1 amide bonds. The number of carbonyl (C=O) groups is 1. The number of rotatable bonds is 2. The van der Waals surface area contributed by atoms with Gasteiger partial charge in [0.05, 0.1) is 18.2 Å². The largest absolute Gasteiger partial charge is 0.471 e. The molecule has 1 aliphatic rings. The Bertz CT molecular complexity index is 306. The predicted molar refractivity (Wildman–Crippen MR) is 57.8 cm³/mol. The molecular formula is C11H18F3NO3. The van der Waals surface area contributed by atoms with Crippen molar-refractivity contribution in [3.63, 3.8) is 0 Å². The summed E-state index contributed by atoms with van der Waals surface area (Å²) in [6.45, 7) is 5.32. The minimum Gasteiger partial charge on any atom is -0.388 e. The van der Waals surface area contributed by atoms with Crippen LogP contribution in [0, 0.1) is 5.92 Å². The lowest BCUT2D eigenvalue weighted by atomic mass is 9.90. The lowest BCUT2D eigenvalue weighted by Gasteiger charge is -2.40. The summed E-state index contributed by atoms with van der Waals surface area (Å²) >= 11 is 0. The number of aliphatic hydroxyl groups is 1. The number of carbonyl (C=O) groups excluding carboxylic acids is 1. The van der Waals surface area contributed by atoms with E-state index in [1.807, 2.05) is 19.2 Å². The fourth-order valence-corrected chi connectivity index (χ4v) is 1.95. The van der Waals surface area contributed by atoms with E-state index in [0.29, 0.717) is 0 Å². The highest BCUT2D eigenvalue weighted by Crippen LogP contribution is 2.26. The fourth-order valence-electron chi connectivity index (χ4n) is 1.95. The molecule has 1 heterocycles. The Morgan fingerprint density at radius 1 is 1.44 bits per heavy atom. The quantitative estimate of drug-likeness (QED) is 0.792. The Morgan fingerprint density at radius 3 is 2.44 bits per heavy atom. The van der Waals surface area contributed by atoms with E-state index in [0.717, 1.165) is 0 Å². The van der Waals surface area contributed by atoms with Crippen LogP contribution in [0.25, 0.3) is 0 Å². The minimum absolute atomic E-state index is 0.102. The van der Waals surface area contributed by atoms with Crippen LogP contribution in [0.3, 0.4) is 0 Å². The summed E-state index contributed by atoms with van der Waals surface area (Å²) in [5, 5.41) is 11.6. The Morgan fingerprint density at radius 2 is 2.00 bits per heavy atom. The lowest BCUT2D eigenvalue weighted by molar-refractivity contribution is -0.180. The van der Waals surface area contributed by atoms with Crippen LogP contribution in [0.5, 0.6) is 0 Å². The van der Waals surface area contributed by atoms with Crippen LogP contribution in [0.4, 0.5) is 13.2 Å². The van der Waals surface area contributed by atoms with Crippen LogP contribution in [0.2, 0.25) is 0 Å². The average Bonchev–Trinajstić information content (AvgIpc) is 2.22. The molecule has 1 rings (SSSR count). The molecule has 0 aliphatic carbocycles. The van der Waals surface area contributed by atoms with Crippen LogP contribution in [-0.4, -0.2) is 41.5 Å². The van der Waals surface area contributed by atoms with Gasteiger partial charge in [-0.25, -0.2) is 0 Å². The third-order valence-corrected chi connectivity index (χ3v) is 3.09. The Labute approximate surface area is 103 Å². The summed E-state index contributed by atoms with van der Waals surface area (Å²) in [6, 6.07) is -0.935. The molecular weight excluding hydrogens is 251 g/mol. The van der Waals surface area contributed by atoms with Crippen LogP contribution in [-0.2, 0) is 9.53 Å². The van der Waals surface area contributed by atoms with Crippen LogP contribution in [0.1, 0.15) is 27.2 Å². The smallest absolute Gasteiger partial charge is 0.388 e. The molecule has 0 spiro atoms. The highest BCUT2D eigenvalue weighted by atomic mass is 19.4. The van der Waals surface area contributed by atoms with Crippen LogP contribution in [0.15, 0.2) is 0 Å². The zero-order valence-electron chi connectivity index (χ0n) is 10.5. The van der Waals surface area contributed by atoms with E-state index in [1.54, 1.807) is 6.92 Å². The average molecular weight is 269 g/mol. The van der Waals surface area contributed by atoms with E-state index in [9.17, 15) is 23.1 Å². The molecule has 0 radical (unpaired) electrons. The first-order valence-electron chi connectivity index (χ1n) is 5.84. The van der Waals surface area contributed by atoms with E-state index in [4.69, 9.17) is 4.74 Å². The van der Waals surface area contributed by atoms with Crippen molar-refractivity contribution in [1.29, 1.82) is 0 Å². The van der Waals surface area contributed by atoms with E-state index < -0.39 is 30.3 Å². The van der Waals surface area contributed by atoms with Gasteiger partial charge in [0.1, 0.15) is 6.10 Å². The van der Waals surface area contributed by atoms with Crippen molar-refractivity contribution in [3.8, 4) is 0 Å². The minimum atomic E-state index is -4.94.